The Morgan fingerprint density at radius 1 is 1.20 bits per heavy atom. The zero-order chi connectivity index (χ0) is 11.1. The van der Waals surface area contributed by atoms with Crippen molar-refractivity contribution in [2.45, 2.75) is 26.0 Å². The maximum absolute atomic E-state index is 5.69. The summed E-state index contributed by atoms with van der Waals surface area (Å²) in [7, 11) is 0. The van der Waals surface area contributed by atoms with E-state index in [0.717, 1.165) is 12.3 Å². The van der Waals surface area contributed by atoms with Crippen molar-refractivity contribution >= 4 is 11.8 Å². The molecule has 0 amide bonds. The summed E-state index contributed by atoms with van der Waals surface area (Å²) in [6.45, 7) is 5.24. The Kier molecular flexibility index (Phi) is 5.20. The van der Waals surface area contributed by atoms with Gasteiger partial charge in [-0.15, -0.1) is 0 Å². The number of nitrogens with two attached hydrogens (primary N) is 1. The SMILES string of the molecule is CC(C)(CN)CCSCc1ccccc1. The lowest BCUT2D eigenvalue weighted by Gasteiger charge is -2.21. The predicted octanol–water partition coefficient (Wildman–Crippen LogP) is 3.29. The number of hydrogen-bond acceptors (Lipinski definition) is 2. The second-order valence-electron chi connectivity index (χ2n) is 4.66. The van der Waals surface area contributed by atoms with Crippen LogP contribution in [0.1, 0.15) is 25.8 Å². The van der Waals surface area contributed by atoms with Gasteiger partial charge < -0.3 is 5.73 Å². The molecule has 0 bridgehead atoms. The molecule has 0 aliphatic heterocycles. The van der Waals surface area contributed by atoms with E-state index in [-0.39, 0.29) is 0 Å². The molecule has 0 fully saturated rings. The van der Waals surface area contributed by atoms with E-state index in [9.17, 15) is 0 Å². The minimum Gasteiger partial charge on any atom is -0.330 e. The van der Waals surface area contributed by atoms with Gasteiger partial charge in [0.25, 0.3) is 0 Å². The van der Waals surface area contributed by atoms with Gasteiger partial charge in [-0.1, -0.05) is 44.2 Å². The Morgan fingerprint density at radius 3 is 2.47 bits per heavy atom. The van der Waals surface area contributed by atoms with Crippen LogP contribution in [0, 0.1) is 5.41 Å². The van der Waals surface area contributed by atoms with Crippen LogP contribution >= 0.6 is 11.8 Å². The van der Waals surface area contributed by atoms with Crippen LogP contribution in [-0.4, -0.2) is 12.3 Å². The van der Waals surface area contributed by atoms with Crippen molar-refractivity contribution in [3.05, 3.63) is 35.9 Å². The molecule has 15 heavy (non-hydrogen) atoms. The molecule has 0 radical (unpaired) electrons. The highest BCUT2D eigenvalue weighted by Gasteiger charge is 2.14. The molecule has 0 saturated heterocycles. The molecule has 2 heteroatoms. The van der Waals surface area contributed by atoms with E-state index < -0.39 is 0 Å². The van der Waals surface area contributed by atoms with Crippen molar-refractivity contribution in [1.82, 2.24) is 0 Å². The Hall–Kier alpha value is -0.470. The molecule has 0 aliphatic rings. The zero-order valence-corrected chi connectivity index (χ0v) is 10.5. The van der Waals surface area contributed by atoms with Gasteiger partial charge in [0.2, 0.25) is 0 Å². The van der Waals surface area contributed by atoms with Gasteiger partial charge in [0.15, 0.2) is 0 Å². The largest absolute Gasteiger partial charge is 0.330 e. The predicted molar refractivity (Wildman–Crippen MR) is 70.1 cm³/mol. The first-order valence-electron chi connectivity index (χ1n) is 5.46. The maximum atomic E-state index is 5.69. The van der Waals surface area contributed by atoms with Crippen LogP contribution < -0.4 is 5.73 Å². The van der Waals surface area contributed by atoms with Gasteiger partial charge in [-0.25, -0.2) is 0 Å². The van der Waals surface area contributed by atoms with Crippen molar-refractivity contribution in [3.63, 3.8) is 0 Å². The summed E-state index contributed by atoms with van der Waals surface area (Å²) in [6, 6.07) is 10.6. The molecule has 84 valence electrons. The summed E-state index contributed by atoms with van der Waals surface area (Å²) < 4.78 is 0. The normalized spacial score (nSPS) is 11.7. The Labute approximate surface area is 97.4 Å². The maximum Gasteiger partial charge on any atom is 0.0184 e. The molecule has 1 aromatic carbocycles. The van der Waals surface area contributed by atoms with E-state index >= 15 is 0 Å². The van der Waals surface area contributed by atoms with Crippen LogP contribution in [0.15, 0.2) is 30.3 Å². The number of benzene rings is 1. The van der Waals surface area contributed by atoms with Crippen LogP contribution in [-0.2, 0) is 5.75 Å². The van der Waals surface area contributed by atoms with Crippen LogP contribution in [0.5, 0.6) is 0 Å². The molecule has 0 atom stereocenters. The lowest BCUT2D eigenvalue weighted by molar-refractivity contribution is 0.368. The van der Waals surface area contributed by atoms with Gasteiger partial charge in [0, 0.05) is 5.75 Å². The second-order valence-corrected chi connectivity index (χ2v) is 5.76. The van der Waals surface area contributed by atoms with Crippen LogP contribution in [0.25, 0.3) is 0 Å². The Balaban J connectivity index is 2.18. The van der Waals surface area contributed by atoms with Crippen LogP contribution in [0.3, 0.4) is 0 Å². The summed E-state index contributed by atoms with van der Waals surface area (Å²) in [5.74, 6) is 2.31. The lowest BCUT2D eigenvalue weighted by Crippen LogP contribution is -2.24. The molecule has 0 aromatic heterocycles. The summed E-state index contributed by atoms with van der Waals surface area (Å²) >= 11 is 1.99. The van der Waals surface area contributed by atoms with E-state index in [0.29, 0.717) is 5.41 Å². The monoisotopic (exact) mass is 223 g/mol. The highest BCUT2D eigenvalue weighted by Crippen LogP contribution is 2.22. The highest BCUT2D eigenvalue weighted by atomic mass is 32.2. The van der Waals surface area contributed by atoms with Crippen molar-refractivity contribution in [2.24, 2.45) is 11.1 Å². The average molecular weight is 223 g/mol. The summed E-state index contributed by atoms with van der Waals surface area (Å²) in [5, 5.41) is 0. The first-order chi connectivity index (χ1) is 7.14. The Morgan fingerprint density at radius 2 is 1.87 bits per heavy atom. The third kappa shape index (κ3) is 5.24. The van der Waals surface area contributed by atoms with Gasteiger partial charge in [0.1, 0.15) is 0 Å². The molecule has 1 aromatic rings. The van der Waals surface area contributed by atoms with Crippen molar-refractivity contribution in [2.75, 3.05) is 12.3 Å². The first kappa shape index (κ1) is 12.6. The fraction of sp³-hybridized carbons (Fsp3) is 0.538. The smallest absolute Gasteiger partial charge is 0.0184 e. The average Bonchev–Trinajstić information content (AvgIpc) is 2.26. The number of rotatable bonds is 6. The minimum atomic E-state index is 0.295. The van der Waals surface area contributed by atoms with Crippen molar-refractivity contribution < 1.29 is 0 Å². The molecule has 0 heterocycles. The number of hydrogen-bond donors (Lipinski definition) is 1. The van der Waals surface area contributed by atoms with Gasteiger partial charge >= 0.3 is 0 Å². The molecule has 1 rings (SSSR count). The summed E-state index contributed by atoms with van der Waals surface area (Å²) in [4.78, 5) is 0. The topological polar surface area (TPSA) is 26.0 Å². The van der Waals surface area contributed by atoms with E-state index in [1.165, 1.54) is 17.7 Å². The van der Waals surface area contributed by atoms with Gasteiger partial charge in [-0.05, 0) is 29.7 Å². The van der Waals surface area contributed by atoms with Crippen molar-refractivity contribution in [1.29, 1.82) is 0 Å². The summed E-state index contributed by atoms with van der Waals surface area (Å²) in [5.41, 5.74) is 7.40. The molecule has 0 saturated carbocycles. The third-order valence-corrected chi connectivity index (χ3v) is 3.62. The van der Waals surface area contributed by atoms with Gasteiger partial charge in [0.05, 0.1) is 0 Å². The molecular weight excluding hydrogens is 202 g/mol. The highest BCUT2D eigenvalue weighted by molar-refractivity contribution is 7.98. The molecule has 0 spiro atoms. The minimum absolute atomic E-state index is 0.295. The summed E-state index contributed by atoms with van der Waals surface area (Å²) in [6.07, 6.45) is 1.20. The number of thioether (sulfide) groups is 1. The standard InChI is InChI=1S/C13H21NS/c1-13(2,11-14)8-9-15-10-12-6-4-3-5-7-12/h3-7H,8-11,14H2,1-2H3. The van der Waals surface area contributed by atoms with Crippen LogP contribution in [0.4, 0.5) is 0 Å². The quantitative estimate of drug-likeness (QED) is 0.749. The molecular formula is C13H21NS. The molecule has 2 N–H and O–H groups in total. The molecule has 0 aliphatic carbocycles. The fourth-order valence-corrected chi connectivity index (χ4v) is 2.48. The van der Waals surface area contributed by atoms with Gasteiger partial charge in [-0.2, -0.15) is 11.8 Å². The third-order valence-electron chi connectivity index (χ3n) is 2.59. The zero-order valence-electron chi connectivity index (χ0n) is 9.70. The molecule has 0 unspecified atom stereocenters. The first-order valence-corrected chi connectivity index (χ1v) is 6.61. The second kappa shape index (κ2) is 6.19. The fourth-order valence-electron chi connectivity index (χ4n) is 1.21. The van der Waals surface area contributed by atoms with Crippen molar-refractivity contribution in [3.8, 4) is 0 Å². The van der Waals surface area contributed by atoms with E-state index in [4.69, 9.17) is 5.73 Å². The van der Waals surface area contributed by atoms with Crippen LogP contribution in [0.2, 0.25) is 0 Å². The lowest BCUT2D eigenvalue weighted by atomic mass is 9.91. The Bertz CT molecular complexity index is 269. The molecule has 1 nitrogen and oxygen atoms in total. The van der Waals surface area contributed by atoms with E-state index in [1.54, 1.807) is 0 Å². The van der Waals surface area contributed by atoms with E-state index in [2.05, 4.69) is 44.2 Å². The van der Waals surface area contributed by atoms with E-state index in [1.807, 2.05) is 11.8 Å². The van der Waals surface area contributed by atoms with Gasteiger partial charge in [-0.3, -0.25) is 0 Å².